The molecule has 2 aliphatic carbocycles. The van der Waals surface area contributed by atoms with Crippen LogP contribution < -0.4 is 5.32 Å². The predicted molar refractivity (Wildman–Crippen MR) is 64.8 cm³/mol. The van der Waals surface area contributed by atoms with Gasteiger partial charge in [-0.2, -0.15) is 0 Å². The molecule has 2 amide bonds. The van der Waals surface area contributed by atoms with Crippen LogP contribution in [0.1, 0.15) is 32.1 Å². The van der Waals surface area contributed by atoms with Crippen LogP contribution in [0.4, 0.5) is 0 Å². The maximum atomic E-state index is 12.5. The van der Waals surface area contributed by atoms with E-state index in [0.29, 0.717) is 5.92 Å². The molecule has 3 unspecified atom stereocenters. The largest absolute Gasteiger partial charge is 0.379 e. The van der Waals surface area contributed by atoms with Crippen molar-refractivity contribution in [2.24, 2.45) is 5.92 Å². The zero-order valence-corrected chi connectivity index (χ0v) is 10.7. The van der Waals surface area contributed by atoms with Crippen LogP contribution in [0.3, 0.4) is 0 Å². The number of carbonyl (C=O) groups is 2. The van der Waals surface area contributed by atoms with Crippen molar-refractivity contribution in [2.75, 3.05) is 13.7 Å². The van der Waals surface area contributed by atoms with E-state index in [9.17, 15) is 9.59 Å². The van der Waals surface area contributed by atoms with Gasteiger partial charge in [0.25, 0.3) is 0 Å². The number of amides is 2. The molecular weight excluding hydrogens is 232 g/mol. The molecule has 2 saturated carbocycles. The first kappa shape index (κ1) is 12.0. The summed E-state index contributed by atoms with van der Waals surface area (Å²) in [5, 5.41) is 2.84. The van der Waals surface area contributed by atoms with Crippen LogP contribution in [0.15, 0.2) is 0 Å². The Morgan fingerprint density at radius 2 is 2.00 bits per heavy atom. The smallest absolute Gasteiger partial charge is 0.246 e. The van der Waals surface area contributed by atoms with Crippen LogP contribution in [0.25, 0.3) is 0 Å². The van der Waals surface area contributed by atoms with Gasteiger partial charge in [0.1, 0.15) is 6.04 Å². The second-order valence-corrected chi connectivity index (χ2v) is 5.62. The number of ether oxygens (including phenoxy) is 1. The monoisotopic (exact) mass is 252 g/mol. The van der Waals surface area contributed by atoms with Gasteiger partial charge in [0.2, 0.25) is 11.8 Å². The molecule has 3 rings (SSSR count). The molecule has 18 heavy (non-hydrogen) atoms. The van der Waals surface area contributed by atoms with Gasteiger partial charge in [-0.3, -0.25) is 9.59 Å². The minimum atomic E-state index is -0.274. The van der Waals surface area contributed by atoms with Crippen molar-refractivity contribution < 1.29 is 14.3 Å². The number of carbonyl (C=O) groups excluding carboxylic acids is 2. The average Bonchev–Trinajstić information content (AvgIpc) is 3.09. The average molecular weight is 252 g/mol. The van der Waals surface area contributed by atoms with E-state index in [4.69, 9.17) is 4.74 Å². The minimum Gasteiger partial charge on any atom is -0.379 e. The van der Waals surface area contributed by atoms with E-state index in [0.717, 1.165) is 32.1 Å². The summed E-state index contributed by atoms with van der Waals surface area (Å²) in [4.78, 5) is 26.0. The molecule has 1 N–H and O–H groups in total. The summed E-state index contributed by atoms with van der Waals surface area (Å²) in [6.07, 6.45) is 5.23. The summed E-state index contributed by atoms with van der Waals surface area (Å²) in [6, 6.07) is -0.181. The number of hydrogen-bond donors (Lipinski definition) is 1. The quantitative estimate of drug-likeness (QED) is 0.785. The second kappa shape index (κ2) is 4.53. The van der Waals surface area contributed by atoms with Crippen molar-refractivity contribution in [3.63, 3.8) is 0 Å². The maximum Gasteiger partial charge on any atom is 0.246 e. The van der Waals surface area contributed by atoms with Crippen LogP contribution in [-0.4, -0.2) is 48.6 Å². The first-order chi connectivity index (χ1) is 8.70. The molecule has 5 nitrogen and oxygen atoms in total. The number of piperazine rings is 1. The lowest BCUT2D eigenvalue weighted by Crippen LogP contribution is -2.62. The molecule has 3 aliphatic rings. The third-order valence-electron chi connectivity index (χ3n) is 4.39. The Labute approximate surface area is 107 Å². The van der Waals surface area contributed by atoms with Gasteiger partial charge in [-0.1, -0.05) is 0 Å². The van der Waals surface area contributed by atoms with E-state index in [1.165, 1.54) is 0 Å². The highest BCUT2D eigenvalue weighted by Crippen LogP contribution is 2.36. The fourth-order valence-corrected chi connectivity index (χ4v) is 3.26. The molecule has 3 atom stereocenters. The van der Waals surface area contributed by atoms with Crippen molar-refractivity contribution >= 4 is 11.8 Å². The van der Waals surface area contributed by atoms with Crippen molar-refractivity contribution in [1.29, 1.82) is 0 Å². The lowest BCUT2D eigenvalue weighted by Gasteiger charge is -2.38. The van der Waals surface area contributed by atoms with Gasteiger partial charge in [-0.15, -0.1) is 0 Å². The highest BCUT2D eigenvalue weighted by atomic mass is 16.5. The third-order valence-corrected chi connectivity index (χ3v) is 4.39. The van der Waals surface area contributed by atoms with E-state index in [2.05, 4.69) is 5.32 Å². The molecule has 0 radical (unpaired) electrons. The topological polar surface area (TPSA) is 58.6 Å². The lowest BCUT2D eigenvalue weighted by atomic mass is 10.0. The van der Waals surface area contributed by atoms with Gasteiger partial charge in [-0.05, 0) is 38.0 Å². The summed E-state index contributed by atoms with van der Waals surface area (Å²) in [6.45, 7) is 0.201. The fourth-order valence-electron chi connectivity index (χ4n) is 3.26. The Morgan fingerprint density at radius 3 is 2.67 bits per heavy atom. The normalized spacial score (nSPS) is 36.9. The van der Waals surface area contributed by atoms with Crippen LogP contribution in [0.5, 0.6) is 0 Å². The third kappa shape index (κ3) is 2.00. The first-order valence-electron chi connectivity index (χ1n) is 6.83. The molecule has 3 fully saturated rings. The number of nitrogens with one attached hydrogen (secondary N) is 1. The number of nitrogens with zero attached hydrogens (tertiary/aromatic N) is 1. The van der Waals surface area contributed by atoms with Gasteiger partial charge in [0.05, 0.1) is 18.7 Å². The highest BCUT2D eigenvalue weighted by Gasteiger charge is 2.46. The summed E-state index contributed by atoms with van der Waals surface area (Å²) in [5.74, 6) is 0.450. The van der Waals surface area contributed by atoms with Crippen molar-refractivity contribution in [3.05, 3.63) is 0 Å². The standard InChI is InChI=1S/C13H20N2O3/c1-18-10-4-2-3-9(10)15-7-11(16)14-12(13(15)17)8-5-6-8/h8-10,12H,2-7H2,1H3,(H,14,16). The van der Waals surface area contributed by atoms with Crippen molar-refractivity contribution in [3.8, 4) is 0 Å². The molecule has 0 aromatic heterocycles. The maximum absolute atomic E-state index is 12.5. The van der Waals surface area contributed by atoms with E-state index >= 15 is 0 Å². The van der Waals surface area contributed by atoms with Gasteiger partial charge in [0, 0.05) is 7.11 Å². The Hall–Kier alpha value is -1.10. The summed E-state index contributed by atoms with van der Waals surface area (Å²) < 4.78 is 5.45. The van der Waals surface area contributed by atoms with Gasteiger partial charge < -0.3 is 15.0 Å². The Balaban J connectivity index is 1.77. The zero-order valence-electron chi connectivity index (χ0n) is 10.7. The Morgan fingerprint density at radius 1 is 1.22 bits per heavy atom. The van der Waals surface area contributed by atoms with Crippen molar-refractivity contribution in [2.45, 2.75) is 50.3 Å². The molecule has 5 heteroatoms. The first-order valence-corrected chi connectivity index (χ1v) is 6.83. The summed E-state index contributed by atoms with van der Waals surface area (Å²) in [5.41, 5.74) is 0. The number of rotatable bonds is 3. The zero-order chi connectivity index (χ0) is 12.7. The van der Waals surface area contributed by atoms with Crippen molar-refractivity contribution in [1.82, 2.24) is 10.2 Å². The fraction of sp³-hybridized carbons (Fsp3) is 0.846. The molecule has 100 valence electrons. The van der Waals surface area contributed by atoms with Gasteiger partial charge >= 0.3 is 0 Å². The van der Waals surface area contributed by atoms with E-state index < -0.39 is 0 Å². The molecule has 0 aromatic rings. The van der Waals surface area contributed by atoms with Crippen LogP contribution in [0, 0.1) is 5.92 Å². The molecular formula is C13H20N2O3. The molecule has 0 aromatic carbocycles. The van der Waals surface area contributed by atoms with Gasteiger partial charge in [-0.25, -0.2) is 0 Å². The molecule has 0 spiro atoms. The lowest BCUT2D eigenvalue weighted by molar-refractivity contribution is -0.149. The Bertz CT molecular complexity index is 367. The molecule has 0 bridgehead atoms. The number of methoxy groups -OCH3 is 1. The van der Waals surface area contributed by atoms with Gasteiger partial charge in [0.15, 0.2) is 0 Å². The van der Waals surface area contributed by atoms with Crippen LogP contribution in [0.2, 0.25) is 0 Å². The van der Waals surface area contributed by atoms with Crippen LogP contribution >= 0.6 is 0 Å². The minimum absolute atomic E-state index is 0.0201. The summed E-state index contributed by atoms with van der Waals surface area (Å²) >= 11 is 0. The molecule has 1 heterocycles. The predicted octanol–water partition coefficient (Wildman–Crippen LogP) is 0.291. The van der Waals surface area contributed by atoms with E-state index in [-0.39, 0.29) is 36.5 Å². The summed E-state index contributed by atoms with van der Waals surface area (Å²) in [7, 11) is 1.69. The number of hydrogen-bond acceptors (Lipinski definition) is 3. The van der Waals surface area contributed by atoms with E-state index in [1.807, 2.05) is 0 Å². The SMILES string of the molecule is COC1CCCC1N1CC(=O)NC(C2CC2)C1=O. The van der Waals surface area contributed by atoms with Crippen LogP contribution in [-0.2, 0) is 14.3 Å². The molecule has 1 aliphatic heterocycles. The highest BCUT2D eigenvalue weighted by molar-refractivity contribution is 5.95. The van der Waals surface area contributed by atoms with E-state index in [1.54, 1.807) is 12.0 Å². The second-order valence-electron chi connectivity index (χ2n) is 5.62. The Kier molecular flexibility index (Phi) is 3.01. The molecule has 1 saturated heterocycles.